The Bertz CT molecular complexity index is 642. The molecule has 0 saturated carbocycles. The second-order valence-corrected chi connectivity index (χ2v) is 4.09. The summed E-state index contributed by atoms with van der Waals surface area (Å²) in [6, 6.07) is 4.71. The molecule has 0 aliphatic rings. The van der Waals surface area contributed by atoms with E-state index in [-0.39, 0.29) is 11.7 Å². The molecule has 0 spiro atoms. The van der Waals surface area contributed by atoms with Gasteiger partial charge < -0.3 is 9.73 Å². The molecule has 6 nitrogen and oxygen atoms in total. The van der Waals surface area contributed by atoms with Crippen molar-refractivity contribution in [1.82, 2.24) is 4.98 Å². The summed E-state index contributed by atoms with van der Waals surface area (Å²) in [5.41, 5.74) is 0.943. The van der Waals surface area contributed by atoms with Gasteiger partial charge >= 0.3 is 0 Å². The maximum Gasteiger partial charge on any atom is 0.295 e. The van der Waals surface area contributed by atoms with E-state index in [4.69, 9.17) is 10.8 Å². The van der Waals surface area contributed by atoms with E-state index in [1.165, 1.54) is 18.2 Å². The first-order chi connectivity index (χ1) is 9.13. The van der Waals surface area contributed by atoms with Crippen molar-refractivity contribution >= 4 is 22.8 Å². The van der Waals surface area contributed by atoms with Gasteiger partial charge in [0.15, 0.2) is 5.58 Å². The Balaban J connectivity index is 2.26. The van der Waals surface area contributed by atoms with Crippen LogP contribution in [0.15, 0.2) is 22.6 Å². The van der Waals surface area contributed by atoms with Crippen LogP contribution < -0.4 is 5.32 Å². The van der Waals surface area contributed by atoms with Crippen molar-refractivity contribution in [3.8, 4) is 12.3 Å². The molecule has 0 fully saturated rings. The minimum absolute atomic E-state index is 0.0111. The molecule has 1 aromatic carbocycles. The molecule has 2 aromatic rings. The van der Waals surface area contributed by atoms with Crippen molar-refractivity contribution < 1.29 is 9.34 Å². The van der Waals surface area contributed by atoms with Gasteiger partial charge in [0, 0.05) is 24.6 Å². The second-order valence-electron chi connectivity index (χ2n) is 4.09. The van der Waals surface area contributed by atoms with Crippen molar-refractivity contribution in [3.05, 3.63) is 28.3 Å². The van der Waals surface area contributed by atoms with Gasteiger partial charge in [-0.3, -0.25) is 10.1 Å². The number of nitrogens with zero attached hydrogens (tertiary/aromatic N) is 2. The van der Waals surface area contributed by atoms with Crippen LogP contribution in [-0.4, -0.2) is 15.9 Å². The highest BCUT2D eigenvalue weighted by Crippen LogP contribution is 2.24. The average Bonchev–Trinajstić information content (AvgIpc) is 2.79. The van der Waals surface area contributed by atoms with Crippen LogP contribution in [0.4, 0.5) is 11.7 Å². The summed E-state index contributed by atoms with van der Waals surface area (Å²) in [7, 11) is 0. The Morgan fingerprint density at radius 1 is 1.63 bits per heavy atom. The van der Waals surface area contributed by atoms with E-state index < -0.39 is 4.92 Å². The predicted molar refractivity (Wildman–Crippen MR) is 71.8 cm³/mol. The lowest BCUT2D eigenvalue weighted by Crippen LogP contribution is -2.17. The van der Waals surface area contributed by atoms with Gasteiger partial charge in [-0.1, -0.05) is 6.92 Å². The first-order valence-corrected chi connectivity index (χ1v) is 5.89. The first-order valence-electron chi connectivity index (χ1n) is 5.89. The zero-order valence-electron chi connectivity index (χ0n) is 10.4. The minimum Gasteiger partial charge on any atom is -0.424 e. The normalized spacial score (nSPS) is 12.0. The van der Waals surface area contributed by atoms with E-state index in [9.17, 15) is 10.1 Å². The molecule has 0 radical (unpaired) electrons. The van der Waals surface area contributed by atoms with Crippen molar-refractivity contribution in [2.45, 2.75) is 25.8 Å². The quantitative estimate of drug-likeness (QED) is 0.507. The van der Waals surface area contributed by atoms with Crippen LogP contribution in [-0.2, 0) is 0 Å². The Kier molecular flexibility index (Phi) is 3.66. The molecule has 1 unspecified atom stereocenters. The summed E-state index contributed by atoms with van der Waals surface area (Å²) in [6.07, 6.45) is 6.67. The SMILES string of the molecule is C#CCC(CC)Nc1nc2cc([N+](=O)[O-])ccc2o1. The van der Waals surface area contributed by atoms with Crippen LogP contribution in [0.1, 0.15) is 19.8 Å². The van der Waals surface area contributed by atoms with Gasteiger partial charge in [-0.25, -0.2) is 0 Å². The van der Waals surface area contributed by atoms with E-state index in [1.54, 1.807) is 0 Å². The molecule has 1 atom stereocenters. The van der Waals surface area contributed by atoms with Gasteiger partial charge in [0.05, 0.1) is 4.92 Å². The van der Waals surface area contributed by atoms with Crippen LogP contribution >= 0.6 is 0 Å². The third-order valence-corrected chi connectivity index (χ3v) is 2.77. The average molecular weight is 259 g/mol. The highest BCUT2D eigenvalue weighted by Gasteiger charge is 2.13. The number of nitrogens with one attached hydrogen (secondary N) is 1. The monoisotopic (exact) mass is 259 g/mol. The molecule has 1 N–H and O–H groups in total. The Labute approximate surface area is 110 Å². The fourth-order valence-corrected chi connectivity index (χ4v) is 1.71. The Morgan fingerprint density at radius 3 is 3.05 bits per heavy atom. The zero-order chi connectivity index (χ0) is 13.8. The van der Waals surface area contributed by atoms with Gasteiger partial charge in [-0.15, -0.1) is 12.3 Å². The highest BCUT2D eigenvalue weighted by molar-refractivity contribution is 5.77. The Morgan fingerprint density at radius 2 is 2.42 bits per heavy atom. The third-order valence-electron chi connectivity index (χ3n) is 2.77. The lowest BCUT2D eigenvalue weighted by molar-refractivity contribution is -0.384. The number of rotatable bonds is 5. The van der Waals surface area contributed by atoms with Crippen LogP contribution in [0.2, 0.25) is 0 Å². The summed E-state index contributed by atoms with van der Waals surface area (Å²) < 4.78 is 5.47. The van der Waals surface area contributed by atoms with Gasteiger partial charge in [0.1, 0.15) is 5.52 Å². The molecule has 2 rings (SSSR count). The molecule has 0 saturated heterocycles. The van der Waals surface area contributed by atoms with Gasteiger partial charge in [0.25, 0.3) is 11.7 Å². The summed E-state index contributed by atoms with van der Waals surface area (Å²) in [5, 5.41) is 13.7. The number of anilines is 1. The molecule has 0 aliphatic heterocycles. The lowest BCUT2D eigenvalue weighted by atomic mass is 10.2. The molecule has 1 aromatic heterocycles. The largest absolute Gasteiger partial charge is 0.424 e. The van der Waals surface area contributed by atoms with E-state index in [2.05, 4.69) is 16.2 Å². The van der Waals surface area contributed by atoms with Crippen LogP contribution in [0.25, 0.3) is 11.1 Å². The number of nitro benzene ring substituents is 1. The predicted octanol–water partition coefficient (Wildman–Crippen LogP) is 2.95. The van der Waals surface area contributed by atoms with E-state index >= 15 is 0 Å². The van der Waals surface area contributed by atoms with Crippen LogP contribution in [0, 0.1) is 22.5 Å². The zero-order valence-corrected chi connectivity index (χ0v) is 10.4. The fraction of sp³-hybridized carbons (Fsp3) is 0.308. The summed E-state index contributed by atoms with van der Waals surface area (Å²) in [5.74, 6) is 2.58. The number of terminal acetylenes is 1. The minimum atomic E-state index is -0.464. The molecular formula is C13H13N3O3. The van der Waals surface area contributed by atoms with Crippen LogP contribution in [0.5, 0.6) is 0 Å². The van der Waals surface area contributed by atoms with Crippen molar-refractivity contribution in [3.63, 3.8) is 0 Å². The van der Waals surface area contributed by atoms with Gasteiger partial charge in [0.2, 0.25) is 0 Å². The van der Waals surface area contributed by atoms with Crippen LogP contribution in [0.3, 0.4) is 0 Å². The topological polar surface area (TPSA) is 81.2 Å². The highest BCUT2D eigenvalue weighted by atomic mass is 16.6. The number of benzene rings is 1. The summed E-state index contributed by atoms with van der Waals surface area (Å²) in [4.78, 5) is 14.4. The molecule has 98 valence electrons. The maximum atomic E-state index is 10.7. The molecular weight excluding hydrogens is 246 g/mol. The van der Waals surface area contributed by atoms with E-state index in [1.807, 2.05) is 6.92 Å². The number of oxazole rings is 1. The summed E-state index contributed by atoms with van der Waals surface area (Å²) >= 11 is 0. The first kappa shape index (κ1) is 12.9. The van der Waals surface area contributed by atoms with Crippen molar-refractivity contribution in [2.75, 3.05) is 5.32 Å². The molecule has 6 heteroatoms. The van der Waals surface area contributed by atoms with E-state index in [0.717, 1.165) is 6.42 Å². The van der Waals surface area contributed by atoms with E-state index in [0.29, 0.717) is 23.5 Å². The second kappa shape index (κ2) is 5.40. The van der Waals surface area contributed by atoms with Crippen molar-refractivity contribution in [1.29, 1.82) is 0 Å². The van der Waals surface area contributed by atoms with Gasteiger partial charge in [-0.2, -0.15) is 4.98 Å². The molecule has 19 heavy (non-hydrogen) atoms. The number of fused-ring (bicyclic) bond motifs is 1. The number of hydrogen-bond donors (Lipinski definition) is 1. The Hall–Kier alpha value is -2.55. The molecule has 0 bridgehead atoms. The number of hydrogen-bond acceptors (Lipinski definition) is 5. The smallest absolute Gasteiger partial charge is 0.295 e. The number of non-ortho nitro benzene ring substituents is 1. The standard InChI is InChI=1S/C13H13N3O3/c1-3-5-9(4-2)14-13-15-11-8-10(16(17)18)6-7-12(11)19-13/h1,6-9H,4-5H2,2H3,(H,14,15). The van der Waals surface area contributed by atoms with Gasteiger partial charge in [-0.05, 0) is 12.5 Å². The molecule has 1 heterocycles. The number of nitro groups is 1. The third kappa shape index (κ3) is 2.83. The molecule has 0 aliphatic carbocycles. The molecule has 0 amide bonds. The van der Waals surface area contributed by atoms with Crippen molar-refractivity contribution in [2.24, 2.45) is 0 Å². The lowest BCUT2D eigenvalue weighted by Gasteiger charge is -2.11. The maximum absolute atomic E-state index is 10.7. The number of aromatic nitrogens is 1. The summed E-state index contributed by atoms with van der Waals surface area (Å²) in [6.45, 7) is 2.00. The fourth-order valence-electron chi connectivity index (χ4n) is 1.71.